The highest BCUT2D eigenvalue weighted by atomic mass is 16.6. The van der Waals surface area contributed by atoms with Gasteiger partial charge in [-0.1, -0.05) is 13.0 Å². The van der Waals surface area contributed by atoms with Gasteiger partial charge >= 0.3 is 5.82 Å². The smallest absolute Gasteiger partial charge is 0.390 e. The zero-order valence-corrected chi connectivity index (χ0v) is 19.6. The van der Waals surface area contributed by atoms with Gasteiger partial charge in [0.25, 0.3) is 5.91 Å². The third-order valence-electron chi connectivity index (χ3n) is 5.49. The number of nitrogens with zero attached hydrogens (tertiary/aromatic N) is 5. The summed E-state index contributed by atoms with van der Waals surface area (Å²) in [6.07, 6.45) is 0.420. The van der Waals surface area contributed by atoms with Gasteiger partial charge in [0.2, 0.25) is 0 Å². The summed E-state index contributed by atoms with van der Waals surface area (Å²) >= 11 is 0. The van der Waals surface area contributed by atoms with E-state index in [2.05, 4.69) is 15.5 Å². The number of rotatable bonds is 9. The van der Waals surface area contributed by atoms with Crippen LogP contribution in [-0.2, 0) is 11.3 Å². The first-order valence-electron chi connectivity index (χ1n) is 10.5. The minimum Gasteiger partial charge on any atom is -0.493 e. The van der Waals surface area contributed by atoms with Crippen LogP contribution in [0.5, 0.6) is 11.5 Å². The molecule has 0 saturated heterocycles. The molecule has 1 aromatic carbocycles. The van der Waals surface area contributed by atoms with Crippen LogP contribution < -0.4 is 14.8 Å². The van der Waals surface area contributed by atoms with E-state index in [0.717, 1.165) is 11.3 Å². The van der Waals surface area contributed by atoms with E-state index in [4.69, 9.17) is 9.47 Å². The van der Waals surface area contributed by atoms with Crippen molar-refractivity contribution in [1.29, 1.82) is 0 Å². The molecule has 0 aliphatic rings. The molecular formula is C22H28N6O5. The van der Waals surface area contributed by atoms with Crippen LogP contribution in [0.1, 0.15) is 42.0 Å². The van der Waals surface area contributed by atoms with Crippen LogP contribution in [0.4, 0.5) is 11.5 Å². The molecule has 176 valence electrons. The summed E-state index contributed by atoms with van der Waals surface area (Å²) in [5.74, 6) is 0.672. The number of amides is 1. The Kier molecular flexibility index (Phi) is 7.00. The first kappa shape index (κ1) is 23.8. The number of nitrogens with one attached hydrogen (secondary N) is 1. The van der Waals surface area contributed by atoms with Crippen LogP contribution in [0.15, 0.2) is 24.3 Å². The molecule has 0 saturated carbocycles. The molecule has 2 heterocycles. The molecule has 1 unspecified atom stereocenters. The molecule has 1 amide bonds. The number of carbonyl (C=O) groups is 1. The van der Waals surface area contributed by atoms with Gasteiger partial charge in [0.15, 0.2) is 17.5 Å². The van der Waals surface area contributed by atoms with Crippen molar-refractivity contribution >= 4 is 17.4 Å². The highest BCUT2D eigenvalue weighted by molar-refractivity contribution is 5.94. The molecule has 1 N–H and O–H groups in total. The molecule has 0 spiro atoms. The number of aromatic nitrogens is 4. The van der Waals surface area contributed by atoms with E-state index in [9.17, 15) is 14.9 Å². The Morgan fingerprint density at radius 3 is 2.42 bits per heavy atom. The van der Waals surface area contributed by atoms with E-state index in [1.54, 1.807) is 25.8 Å². The third kappa shape index (κ3) is 4.81. The average molecular weight is 457 g/mol. The van der Waals surface area contributed by atoms with E-state index in [1.807, 2.05) is 39.0 Å². The van der Waals surface area contributed by atoms with Crippen molar-refractivity contribution in [1.82, 2.24) is 19.6 Å². The maximum absolute atomic E-state index is 13.1. The van der Waals surface area contributed by atoms with Gasteiger partial charge in [0, 0.05) is 0 Å². The lowest BCUT2D eigenvalue weighted by Crippen LogP contribution is -2.27. The number of methoxy groups -OCH3 is 2. The highest BCUT2D eigenvalue weighted by Gasteiger charge is 2.28. The number of benzene rings is 1. The Labute approximate surface area is 191 Å². The van der Waals surface area contributed by atoms with E-state index in [-0.39, 0.29) is 11.7 Å². The molecule has 0 radical (unpaired) electrons. The molecule has 11 nitrogen and oxygen atoms in total. The van der Waals surface area contributed by atoms with Crippen molar-refractivity contribution in [3.63, 3.8) is 0 Å². The van der Waals surface area contributed by atoms with Gasteiger partial charge < -0.3 is 24.9 Å². The van der Waals surface area contributed by atoms with Crippen molar-refractivity contribution in [2.45, 2.75) is 46.7 Å². The summed E-state index contributed by atoms with van der Waals surface area (Å²) in [5.41, 5.74) is 3.56. The van der Waals surface area contributed by atoms with E-state index in [0.29, 0.717) is 41.5 Å². The monoisotopic (exact) mass is 456 g/mol. The van der Waals surface area contributed by atoms with Gasteiger partial charge in [0.1, 0.15) is 0 Å². The second kappa shape index (κ2) is 9.72. The summed E-state index contributed by atoms with van der Waals surface area (Å²) in [5, 5.41) is 22.6. The first-order chi connectivity index (χ1) is 15.7. The average Bonchev–Trinajstić information content (AvgIpc) is 3.29. The van der Waals surface area contributed by atoms with Crippen molar-refractivity contribution < 1.29 is 19.2 Å². The van der Waals surface area contributed by atoms with Crippen LogP contribution in [0, 0.1) is 30.9 Å². The normalized spacial score (nSPS) is 11.8. The Morgan fingerprint density at radius 1 is 1.15 bits per heavy atom. The Bertz CT molecular complexity index is 1180. The van der Waals surface area contributed by atoms with Crippen LogP contribution >= 0.6 is 0 Å². The second-order valence-electron chi connectivity index (χ2n) is 7.65. The molecule has 2 aromatic heterocycles. The van der Waals surface area contributed by atoms with Crippen molar-refractivity contribution in [2.24, 2.45) is 0 Å². The SMILES string of the molecule is CCC(C(=O)Nc1c(C)nn(Cc2ccc(OC)c(OC)c2)c1C)n1nc([N+](=O)[O-])cc1C. The Morgan fingerprint density at radius 2 is 1.85 bits per heavy atom. The predicted octanol–water partition coefficient (Wildman–Crippen LogP) is 3.57. The summed E-state index contributed by atoms with van der Waals surface area (Å²) in [4.78, 5) is 23.6. The summed E-state index contributed by atoms with van der Waals surface area (Å²) in [7, 11) is 3.17. The third-order valence-corrected chi connectivity index (χ3v) is 5.49. The molecule has 3 aromatic rings. The number of hydrogen-bond acceptors (Lipinski definition) is 7. The van der Waals surface area contributed by atoms with Gasteiger partial charge in [-0.15, -0.1) is 0 Å². The fourth-order valence-corrected chi connectivity index (χ4v) is 3.74. The molecule has 0 aliphatic carbocycles. The Hall–Kier alpha value is -3.89. The minimum atomic E-state index is -0.688. The fourth-order valence-electron chi connectivity index (χ4n) is 3.74. The number of aryl methyl sites for hydroxylation is 2. The molecule has 11 heteroatoms. The molecular weight excluding hydrogens is 428 g/mol. The number of carbonyl (C=O) groups excluding carboxylic acids is 1. The zero-order chi connectivity index (χ0) is 24.3. The van der Waals surface area contributed by atoms with Crippen LogP contribution in [-0.4, -0.2) is 44.6 Å². The lowest BCUT2D eigenvalue weighted by Gasteiger charge is -2.15. The molecule has 0 aliphatic heterocycles. The van der Waals surface area contributed by atoms with E-state index < -0.39 is 11.0 Å². The number of anilines is 1. The van der Waals surface area contributed by atoms with Crippen LogP contribution in [0.2, 0.25) is 0 Å². The lowest BCUT2D eigenvalue weighted by atomic mass is 10.2. The van der Waals surface area contributed by atoms with Crippen molar-refractivity contribution in [3.8, 4) is 11.5 Å². The summed E-state index contributed by atoms with van der Waals surface area (Å²) in [6.45, 7) is 7.69. The first-order valence-corrected chi connectivity index (χ1v) is 10.5. The quantitative estimate of drug-likeness (QED) is 0.385. The molecule has 0 fully saturated rings. The molecule has 1 atom stereocenters. The van der Waals surface area contributed by atoms with Crippen LogP contribution in [0.25, 0.3) is 0 Å². The zero-order valence-electron chi connectivity index (χ0n) is 19.6. The predicted molar refractivity (Wildman–Crippen MR) is 122 cm³/mol. The largest absolute Gasteiger partial charge is 0.493 e. The molecule has 3 rings (SSSR count). The van der Waals surface area contributed by atoms with Gasteiger partial charge in [-0.25, -0.2) is 0 Å². The Balaban J connectivity index is 1.83. The second-order valence-corrected chi connectivity index (χ2v) is 7.65. The number of ether oxygens (including phenoxy) is 2. The van der Waals surface area contributed by atoms with Crippen molar-refractivity contribution in [2.75, 3.05) is 19.5 Å². The highest BCUT2D eigenvalue weighted by Crippen LogP contribution is 2.29. The maximum Gasteiger partial charge on any atom is 0.390 e. The lowest BCUT2D eigenvalue weighted by molar-refractivity contribution is -0.389. The summed E-state index contributed by atoms with van der Waals surface area (Å²) in [6, 6.07) is 6.31. The van der Waals surface area contributed by atoms with Gasteiger partial charge in [0.05, 0.1) is 54.7 Å². The fraction of sp³-hybridized carbons (Fsp3) is 0.409. The standard InChI is InChI=1S/C22H28N6O5/c1-7-17(27-13(2)10-20(25-27)28(30)31)22(29)23-21-14(3)24-26(15(21)4)12-16-8-9-18(32-5)19(11-16)33-6/h8-11,17H,7,12H2,1-6H3,(H,23,29). The number of hydrogen-bond donors (Lipinski definition) is 1. The van der Waals surface area contributed by atoms with E-state index in [1.165, 1.54) is 10.7 Å². The summed E-state index contributed by atoms with van der Waals surface area (Å²) < 4.78 is 13.9. The van der Waals surface area contributed by atoms with Gasteiger partial charge in [-0.3, -0.25) is 9.48 Å². The number of nitro groups is 1. The van der Waals surface area contributed by atoms with Crippen LogP contribution in [0.3, 0.4) is 0 Å². The topological polar surface area (TPSA) is 126 Å². The van der Waals surface area contributed by atoms with Crippen molar-refractivity contribution in [3.05, 3.63) is 57.0 Å². The van der Waals surface area contributed by atoms with E-state index >= 15 is 0 Å². The minimum absolute atomic E-state index is 0.283. The van der Waals surface area contributed by atoms with Gasteiger partial charge in [-0.2, -0.15) is 9.78 Å². The van der Waals surface area contributed by atoms with Gasteiger partial charge in [-0.05, 0) is 49.8 Å². The molecule has 33 heavy (non-hydrogen) atoms. The maximum atomic E-state index is 13.1. The molecule has 0 bridgehead atoms.